The molecule has 0 spiro atoms. The van der Waals surface area contributed by atoms with E-state index in [1.54, 1.807) is 18.2 Å². The first kappa shape index (κ1) is 32.0. The van der Waals surface area contributed by atoms with Crippen molar-refractivity contribution in [3.8, 4) is 0 Å². The Morgan fingerprint density at radius 2 is 1.55 bits per heavy atom. The van der Waals surface area contributed by atoms with Gasteiger partial charge in [0.2, 0.25) is 21.8 Å². The molecule has 0 bridgehead atoms. The summed E-state index contributed by atoms with van der Waals surface area (Å²) in [6.45, 7) is 1.68. The van der Waals surface area contributed by atoms with Crippen molar-refractivity contribution >= 4 is 73.9 Å². The van der Waals surface area contributed by atoms with Crippen LogP contribution >= 0.6 is 46.4 Å². The summed E-state index contributed by atoms with van der Waals surface area (Å²) < 4.78 is 26.6. The molecule has 0 heterocycles. The zero-order chi connectivity index (χ0) is 29.4. The number of hydrogen-bond donors (Lipinski definition) is 1. The molecular weight excluding hydrogens is 616 g/mol. The Morgan fingerprint density at radius 1 is 0.875 bits per heavy atom. The van der Waals surface area contributed by atoms with Gasteiger partial charge in [0.05, 0.1) is 27.0 Å². The number of amides is 2. The van der Waals surface area contributed by atoms with Gasteiger partial charge in [0.25, 0.3) is 0 Å². The number of carbonyl (C=O) groups is 2. The minimum Gasteiger partial charge on any atom is -0.354 e. The van der Waals surface area contributed by atoms with Crippen molar-refractivity contribution in [1.82, 2.24) is 10.2 Å². The van der Waals surface area contributed by atoms with Crippen LogP contribution in [-0.4, -0.2) is 50.5 Å². The molecule has 2 amide bonds. The van der Waals surface area contributed by atoms with Crippen molar-refractivity contribution in [2.45, 2.75) is 32.4 Å². The van der Waals surface area contributed by atoms with Crippen molar-refractivity contribution in [2.75, 3.05) is 23.7 Å². The van der Waals surface area contributed by atoms with Gasteiger partial charge in [-0.25, -0.2) is 8.42 Å². The summed E-state index contributed by atoms with van der Waals surface area (Å²) in [5, 5.41) is 3.84. The zero-order valence-corrected chi connectivity index (χ0v) is 25.8. The molecule has 0 aromatic heterocycles. The lowest BCUT2D eigenvalue weighted by molar-refractivity contribution is -0.140. The highest BCUT2D eigenvalue weighted by molar-refractivity contribution is 7.92. The Labute approximate surface area is 255 Å². The molecule has 0 saturated heterocycles. The lowest BCUT2D eigenvalue weighted by atomic mass is 10.0. The number of sulfonamides is 1. The van der Waals surface area contributed by atoms with Gasteiger partial charge in [0.1, 0.15) is 12.6 Å². The van der Waals surface area contributed by atoms with Crippen LogP contribution in [0.25, 0.3) is 0 Å². The number of rotatable bonds is 12. The Kier molecular flexibility index (Phi) is 11.5. The Bertz CT molecular complexity index is 1460. The highest BCUT2D eigenvalue weighted by atomic mass is 35.5. The van der Waals surface area contributed by atoms with Gasteiger partial charge in [-0.05, 0) is 47.9 Å². The molecule has 3 rings (SSSR count). The third kappa shape index (κ3) is 8.75. The predicted molar refractivity (Wildman–Crippen MR) is 163 cm³/mol. The van der Waals surface area contributed by atoms with E-state index in [1.807, 2.05) is 37.3 Å². The fourth-order valence-corrected chi connectivity index (χ4v) is 5.64. The van der Waals surface area contributed by atoms with Gasteiger partial charge < -0.3 is 10.2 Å². The standard InChI is InChI=1S/C28H29Cl4N3O4S/c1-3-13-33-28(37)26(15-19-7-5-4-6-8-19)34(17-20-9-11-22(30)24(32)14-20)27(36)18-35(40(2,38)39)25-16-21(29)10-12-23(25)31/h4-12,14,16,26H,3,13,15,17-18H2,1-2H3,(H,33,37)/t26-/m1/s1. The maximum Gasteiger partial charge on any atom is 0.244 e. The molecule has 3 aromatic carbocycles. The number of anilines is 1. The van der Waals surface area contributed by atoms with Crippen LogP contribution in [0.1, 0.15) is 24.5 Å². The summed E-state index contributed by atoms with van der Waals surface area (Å²) in [6.07, 6.45) is 1.86. The van der Waals surface area contributed by atoms with Gasteiger partial charge in [-0.3, -0.25) is 13.9 Å². The number of nitrogens with one attached hydrogen (secondary N) is 1. The van der Waals surface area contributed by atoms with E-state index in [0.717, 1.165) is 16.1 Å². The molecule has 40 heavy (non-hydrogen) atoms. The molecule has 1 atom stereocenters. The van der Waals surface area contributed by atoms with Gasteiger partial charge in [-0.1, -0.05) is 89.7 Å². The average Bonchev–Trinajstić information content (AvgIpc) is 2.91. The number of benzene rings is 3. The summed E-state index contributed by atoms with van der Waals surface area (Å²) >= 11 is 24.8. The lowest BCUT2D eigenvalue weighted by Crippen LogP contribution is -2.53. The molecule has 12 heteroatoms. The van der Waals surface area contributed by atoms with Crippen LogP contribution in [0, 0.1) is 0 Å². The predicted octanol–water partition coefficient (Wildman–Crippen LogP) is 6.23. The van der Waals surface area contributed by atoms with E-state index in [4.69, 9.17) is 46.4 Å². The average molecular weight is 645 g/mol. The highest BCUT2D eigenvalue weighted by Gasteiger charge is 2.33. The quantitative estimate of drug-likeness (QED) is 0.253. The van der Waals surface area contributed by atoms with Crippen LogP contribution in [0.3, 0.4) is 0 Å². The molecule has 214 valence electrons. The Hall–Kier alpha value is -2.49. The monoisotopic (exact) mass is 643 g/mol. The van der Waals surface area contributed by atoms with Crippen LogP contribution in [0.2, 0.25) is 20.1 Å². The normalized spacial score (nSPS) is 12.1. The second-order valence-electron chi connectivity index (χ2n) is 9.13. The van der Waals surface area contributed by atoms with Crippen molar-refractivity contribution in [1.29, 1.82) is 0 Å². The van der Waals surface area contributed by atoms with Crippen molar-refractivity contribution in [3.63, 3.8) is 0 Å². The van der Waals surface area contributed by atoms with Crippen LogP contribution in [-0.2, 0) is 32.6 Å². The summed E-state index contributed by atoms with van der Waals surface area (Å²) in [7, 11) is -3.99. The molecule has 1 N–H and O–H groups in total. The molecule has 0 saturated carbocycles. The van der Waals surface area contributed by atoms with Crippen LogP contribution in [0.15, 0.2) is 66.7 Å². The van der Waals surface area contributed by atoms with Crippen LogP contribution in [0.4, 0.5) is 5.69 Å². The molecule has 0 aliphatic carbocycles. The fourth-order valence-electron chi connectivity index (χ4n) is 4.03. The second kappa shape index (κ2) is 14.4. The first-order valence-corrected chi connectivity index (χ1v) is 15.7. The summed E-state index contributed by atoms with van der Waals surface area (Å²) in [4.78, 5) is 28.9. The number of halogens is 4. The topological polar surface area (TPSA) is 86.8 Å². The van der Waals surface area contributed by atoms with E-state index in [0.29, 0.717) is 23.6 Å². The second-order valence-corrected chi connectivity index (χ2v) is 12.7. The van der Waals surface area contributed by atoms with E-state index in [2.05, 4.69) is 5.32 Å². The molecule has 3 aromatic rings. The van der Waals surface area contributed by atoms with E-state index in [-0.39, 0.29) is 39.6 Å². The smallest absolute Gasteiger partial charge is 0.244 e. The maximum atomic E-state index is 14.0. The molecule has 7 nitrogen and oxygen atoms in total. The first-order valence-electron chi connectivity index (χ1n) is 12.4. The van der Waals surface area contributed by atoms with E-state index in [1.165, 1.54) is 23.1 Å². The van der Waals surface area contributed by atoms with Crippen molar-refractivity contribution in [3.05, 3.63) is 97.9 Å². The van der Waals surface area contributed by atoms with Gasteiger partial charge in [-0.2, -0.15) is 0 Å². The number of nitrogens with zero attached hydrogens (tertiary/aromatic N) is 2. The summed E-state index contributed by atoms with van der Waals surface area (Å²) in [6, 6.07) is 17.5. The fraction of sp³-hybridized carbons (Fsp3) is 0.286. The third-order valence-electron chi connectivity index (χ3n) is 6.01. The minimum absolute atomic E-state index is 0.0341. The largest absolute Gasteiger partial charge is 0.354 e. The SMILES string of the molecule is CCCNC(=O)[C@@H](Cc1ccccc1)N(Cc1ccc(Cl)c(Cl)c1)C(=O)CN(c1cc(Cl)ccc1Cl)S(C)(=O)=O. The zero-order valence-electron chi connectivity index (χ0n) is 21.9. The summed E-state index contributed by atoms with van der Waals surface area (Å²) in [5.74, 6) is -0.995. The van der Waals surface area contributed by atoms with Gasteiger partial charge in [-0.15, -0.1) is 0 Å². The van der Waals surface area contributed by atoms with Gasteiger partial charge in [0.15, 0.2) is 0 Å². The Morgan fingerprint density at radius 3 is 2.17 bits per heavy atom. The van der Waals surface area contributed by atoms with E-state index in [9.17, 15) is 18.0 Å². The molecule has 0 unspecified atom stereocenters. The molecular formula is C28H29Cl4N3O4S. The number of carbonyl (C=O) groups excluding carboxylic acids is 2. The minimum atomic E-state index is -3.99. The number of hydrogen-bond acceptors (Lipinski definition) is 4. The van der Waals surface area contributed by atoms with Gasteiger partial charge >= 0.3 is 0 Å². The maximum absolute atomic E-state index is 14.0. The van der Waals surface area contributed by atoms with Crippen molar-refractivity contribution in [2.24, 2.45) is 0 Å². The van der Waals surface area contributed by atoms with Crippen LogP contribution < -0.4 is 9.62 Å². The first-order chi connectivity index (χ1) is 18.9. The molecule has 0 radical (unpaired) electrons. The molecule has 0 aliphatic rings. The van der Waals surface area contributed by atoms with Crippen LogP contribution in [0.5, 0.6) is 0 Å². The lowest BCUT2D eigenvalue weighted by Gasteiger charge is -2.33. The van der Waals surface area contributed by atoms with Gasteiger partial charge in [0, 0.05) is 24.5 Å². The molecule has 0 aliphatic heterocycles. The highest BCUT2D eigenvalue weighted by Crippen LogP contribution is 2.31. The van der Waals surface area contributed by atoms with E-state index < -0.39 is 28.5 Å². The van der Waals surface area contributed by atoms with Crippen molar-refractivity contribution < 1.29 is 18.0 Å². The molecule has 0 fully saturated rings. The summed E-state index contributed by atoms with van der Waals surface area (Å²) in [5.41, 5.74) is 1.48. The Balaban J connectivity index is 2.09. The third-order valence-corrected chi connectivity index (χ3v) is 8.43. The van der Waals surface area contributed by atoms with E-state index >= 15 is 0 Å².